The first-order chi connectivity index (χ1) is 11.1. The van der Waals surface area contributed by atoms with E-state index in [2.05, 4.69) is 29.1 Å². The van der Waals surface area contributed by atoms with Gasteiger partial charge >= 0.3 is 0 Å². The molecule has 23 heavy (non-hydrogen) atoms. The Morgan fingerprint density at radius 1 is 1.26 bits per heavy atom. The number of nitrogens with zero attached hydrogens (tertiary/aromatic N) is 3. The molecule has 120 valence electrons. The number of amides is 1. The predicted molar refractivity (Wildman–Crippen MR) is 86.5 cm³/mol. The Labute approximate surface area is 135 Å². The van der Waals surface area contributed by atoms with Crippen LogP contribution in [0.1, 0.15) is 24.2 Å². The highest BCUT2D eigenvalue weighted by molar-refractivity contribution is 5.94. The van der Waals surface area contributed by atoms with E-state index in [1.54, 1.807) is 24.5 Å². The fraction of sp³-hybridized carbons (Fsp3) is 0.353. The normalized spacial score (nSPS) is 21.0. The first-order valence-corrected chi connectivity index (χ1v) is 7.71. The monoisotopic (exact) mass is 312 g/mol. The van der Waals surface area contributed by atoms with Crippen molar-refractivity contribution in [2.24, 2.45) is 0 Å². The number of carbonyl (C=O) groups is 1. The lowest BCUT2D eigenvalue weighted by Crippen LogP contribution is -2.55. The van der Waals surface area contributed by atoms with Gasteiger partial charge in [-0.25, -0.2) is 4.98 Å². The summed E-state index contributed by atoms with van der Waals surface area (Å²) in [4.78, 5) is 22.6. The summed E-state index contributed by atoms with van der Waals surface area (Å²) in [6.45, 7) is 5.59. The highest BCUT2D eigenvalue weighted by atomic mass is 16.5. The van der Waals surface area contributed by atoms with E-state index in [9.17, 15) is 4.79 Å². The van der Waals surface area contributed by atoms with E-state index < -0.39 is 0 Å². The van der Waals surface area contributed by atoms with Gasteiger partial charge in [0.15, 0.2) is 0 Å². The van der Waals surface area contributed by atoms with E-state index in [1.807, 2.05) is 17.0 Å². The second-order valence-electron chi connectivity index (χ2n) is 5.85. The third-order valence-corrected chi connectivity index (χ3v) is 3.69. The molecule has 0 aliphatic carbocycles. The maximum absolute atomic E-state index is 12.7. The van der Waals surface area contributed by atoms with Crippen LogP contribution in [0.5, 0.6) is 11.6 Å². The van der Waals surface area contributed by atoms with Gasteiger partial charge in [0.25, 0.3) is 5.91 Å². The van der Waals surface area contributed by atoms with Crippen molar-refractivity contribution in [2.45, 2.75) is 25.9 Å². The third-order valence-electron chi connectivity index (χ3n) is 3.69. The summed E-state index contributed by atoms with van der Waals surface area (Å²) >= 11 is 0. The molecule has 3 rings (SSSR count). The van der Waals surface area contributed by atoms with Gasteiger partial charge < -0.3 is 15.0 Å². The summed E-state index contributed by atoms with van der Waals surface area (Å²) in [6, 6.07) is 7.75. The fourth-order valence-electron chi connectivity index (χ4n) is 2.83. The van der Waals surface area contributed by atoms with Gasteiger partial charge in [0.1, 0.15) is 5.75 Å². The van der Waals surface area contributed by atoms with Crippen molar-refractivity contribution < 1.29 is 9.53 Å². The summed E-state index contributed by atoms with van der Waals surface area (Å²) in [5, 5.41) is 3.43. The molecule has 1 fully saturated rings. The van der Waals surface area contributed by atoms with Gasteiger partial charge in [-0.15, -0.1) is 0 Å². The number of rotatable bonds is 3. The van der Waals surface area contributed by atoms with Crippen LogP contribution in [0, 0.1) is 0 Å². The van der Waals surface area contributed by atoms with Gasteiger partial charge in [-0.3, -0.25) is 9.78 Å². The fourth-order valence-corrected chi connectivity index (χ4v) is 2.83. The van der Waals surface area contributed by atoms with Crippen molar-refractivity contribution in [3.63, 3.8) is 0 Å². The quantitative estimate of drug-likeness (QED) is 0.940. The average molecular weight is 312 g/mol. The minimum Gasteiger partial charge on any atom is -0.437 e. The van der Waals surface area contributed by atoms with Gasteiger partial charge in [0.05, 0.1) is 6.20 Å². The number of hydrogen-bond donors (Lipinski definition) is 1. The average Bonchev–Trinajstić information content (AvgIpc) is 2.54. The molecular formula is C17H20N4O2. The van der Waals surface area contributed by atoms with E-state index in [0.29, 0.717) is 42.4 Å². The standard InChI is InChI=1S/C17H20N4O2/c1-12-10-21(11-13(2)20-12)17(22)14-4-3-5-15(8-14)23-16-9-18-6-7-19-16/h3-9,12-13,20H,10-11H2,1-2H3/t12-,13-/m1/s1. The molecule has 0 saturated carbocycles. The van der Waals surface area contributed by atoms with Crippen LogP contribution in [-0.2, 0) is 0 Å². The molecule has 2 atom stereocenters. The van der Waals surface area contributed by atoms with Crippen LogP contribution in [0.15, 0.2) is 42.9 Å². The molecule has 0 bridgehead atoms. The maximum Gasteiger partial charge on any atom is 0.254 e. The number of benzene rings is 1. The minimum absolute atomic E-state index is 0.0230. The van der Waals surface area contributed by atoms with Crippen LogP contribution in [0.3, 0.4) is 0 Å². The Morgan fingerprint density at radius 2 is 2.04 bits per heavy atom. The van der Waals surface area contributed by atoms with Crippen LogP contribution in [0.25, 0.3) is 0 Å². The van der Waals surface area contributed by atoms with Gasteiger partial charge in [-0.1, -0.05) is 6.07 Å². The molecular weight excluding hydrogens is 292 g/mol. The summed E-state index contributed by atoms with van der Waals surface area (Å²) in [5.41, 5.74) is 0.618. The lowest BCUT2D eigenvalue weighted by atomic mass is 10.1. The SMILES string of the molecule is C[C@@H]1CN(C(=O)c2cccc(Oc3cnccn3)c2)C[C@@H](C)N1. The topological polar surface area (TPSA) is 67.4 Å². The minimum atomic E-state index is 0.0230. The zero-order valence-corrected chi connectivity index (χ0v) is 13.3. The molecule has 1 N–H and O–H groups in total. The van der Waals surface area contributed by atoms with E-state index in [1.165, 1.54) is 6.20 Å². The second-order valence-corrected chi connectivity index (χ2v) is 5.85. The Balaban J connectivity index is 1.75. The van der Waals surface area contributed by atoms with Crippen molar-refractivity contribution in [1.29, 1.82) is 0 Å². The molecule has 2 heterocycles. The Kier molecular flexibility index (Phi) is 4.52. The third kappa shape index (κ3) is 3.84. The molecule has 1 saturated heterocycles. The van der Waals surface area contributed by atoms with Crippen LogP contribution in [0.4, 0.5) is 0 Å². The molecule has 2 aromatic rings. The first kappa shape index (κ1) is 15.4. The Morgan fingerprint density at radius 3 is 2.74 bits per heavy atom. The van der Waals surface area contributed by atoms with E-state index in [-0.39, 0.29) is 5.91 Å². The second kappa shape index (κ2) is 6.75. The van der Waals surface area contributed by atoms with Crippen LogP contribution in [-0.4, -0.2) is 45.9 Å². The van der Waals surface area contributed by atoms with E-state index in [4.69, 9.17) is 4.74 Å². The molecule has 1 amide bonds. The largest absolute Gasteiger partial charge is 0.437 e. The number of aromatic nitrogens is 2. The molecule has 0 radical (unpaired) electrons. The van der Waals surface area contributed by atoms with Gasteiger partial charge in [0, 0.05) is 43.1 Å². The van der Waals surface area contributed by atoms with Gasteiger partial charge in [-0.05, 0) is 32.0 Å². The maximum atomic E-state index is 12.7. The lowest BCUT2D eigenvalue weighted by molar-refractivity contribution is 0.0673. The van der Waals surface area contributed by atoms with Crippen molar-refractivity contribution in [1.82, 2.24) is 20.2 Å². The number of hydrogen-bond acceptors (Lipinski definition) is 5. The van der Waals surface area contributed by atoms with Gasteiger partial charge in [-0.2, -0.15) is 0 Å². The molecule has 6 heteroatoms. The van der Waals surface area contributed by atoms with Crippen molar-refractivity contribution in [3.8, 4) is 11.6 Å². The molecule has 1 aromatic carbocycles. The Bertz CT molecular complexity index is 667. The number of carbonyl (C=O) groups excluding carboxylic acids is 1. The highest BCUT2D eigenvalue weighted by Gasteiger charge is 2.25. The predicted octanol–water partition coefficient (Wildman–Crippen LogP) is 2.09. The van der Waals surface area contributed by atoms with Crippen molar-refractivity contribution in [3.05, 3.63) is 48.4 Å². The smallest absolute Gasteiger partial charge is 0.254 e. The number of piperazine rings is 1. The highest BCUT2D eigenvalue weighted by Crippen LogP contribution is 2.21. The van der Waals surface area contributed by atoms with Gasteiger partial charge in [0.2, 0.25) is 5.88 Å². The Hall–Kier alpha value is -2.47. The first-order valence-electron chi connectivity index (χ1n) is 7.71. The zero-order chi connectivity index (χ0) is 16.2. The molecule has 0 spiro atoms. The molecule has 1 aliphatic rings. The summed E-state index contributed by atoms with van der Waals surface area (Å²) < 4.78 is 5.64. The van der Waals surface area contributed by atoms with Crippen LogP contribution in [0.2, 0.25) is 0 Å². The molecule has 1 aromatic heterocycles. The van der Waals surface area contributed by atoms with Crippen molar-refractivity contribution >= 4 is 5.91 Å². The van der Waals surface area contributed by atoms with Crippen LogP contribution < -0.4 is 10.1 Å². The van der Waals surface area contributed by atoms with Crippen molar-refractivity contribution in [2.75, 3.05) is 13.1 Å². The van der Waals surface area contributed by atoms with E-state index >= 15 is 0 Å². The summed E-state index contributed by atoms with van der Waals surface area (Å²) in [5.74, 6) is 1.00. The molecule has 6 nitrogen and oxygen atoms in total. The summed E-state index contributed by atoms with van der Waals surface area (Å²) in [6.07, 6.45) is 4.68. The van der Waals surface area contributed by atoms with E-state index in [0.717, 1.165) is 0 Å². The van der Waals surface area contributed by atoms with Crippen LogP contribution >= 0.6 is 0 Å². The lowest BCUT2D eigenvalue weighted by Gasteiger charge is -2.36. The summed E-state index contributed by atoms with van der Waals surface area (Å²) in [7, 11) is 0. The number of ether oxygens (including phenoxy) is 1. The molecule has 1 aliphatic heterocycles. The zero-order valence-electron chi connectivity index (χ0n) is 13.3. The number of nitrogens with one attached hydrogen (secondary N) is 1. The molecule has 0 unspecified atom stereocenters.